The van der Waals surface area contributed by atoms with Gasteiger partial charge in [0.1, 0.15) is 12.1 Å². The van der Waals surface area contributed by atoms with Gasteiger partial charge in [0, 0.05) is 14.1 Å². The Balaban J connectivity index is 2.63. The second-order valence-corrected chi connectivity index (χ2v) is 3.63. The average molecular weight is 213 g/mol. The average Bonchev–Trinajstić information content (AvgIpc) is 2.27. The standard InChI is InChI=1S/C10H19N3O2/c1-8(14)12(2)13(3)10(11)9-4-6-15-7-5-9/h4,8,11,14H,5-7H2,1-3H3. The third-order valence-electron chi connectivity index (χ3n) is 2.61. The lowest BCUT2D eigenvalue weighted by atomic mass is 10.1. The van der Waals surface area contributed by atoms with Crippen LogP contribution >= 0.6 is 0 Å². The number of ether oxygens (including phenoxy) is 1. The molecule has 86 valence electrons. The lowest BCUT2D eigenvalue weighted by Crippen LogP contribution is -2.46. The van der Waals surface area contributed by atoms with E-state index in [0.717, 1.165) is 12.0 Å². The number of hydrazine groups is 1. The lowest BCUT2D eigenvalue weighted by molar-refractivity contribution is -0.0599. The van der Waals surface area contributed by atoms with Crippen LogP contribution in [0.4, 0.5) is 0 Å². The molecular weight excluding hydrogens is 194 g/mol. The highest BCUT2D eigenvalue weighted by atomic mass is 16.5. The third-order valence-corrected chi connectivity index (χ3v) is 2.61. The van der Waals surface area contributed by atoms with E-state index < -0.39 is 6.23 Å². The third kappa shape index (κ3) is 3.02. The fraction of sp³-hybridized carbons (Fsp3) is 0.700. The molecule has 0 spiro atoms. The van der Waals surface area contributed by atoms with Crippen LogP contribution in [0.5, 0.6) is 0 Å². The van der Waals surface area contributed by atoms with Crippen LogP contribution in [0.25, 0.3) is 0 Å². The summed E-state index contributed by atoms with van der Waals surface area (Å²) in [5, 5.41) is 20.6. The van der Waals surface area contributed by atoms with Gasteiger partial charge in [-0.25, -0.2) is 0 Å². The van der Waals surface area contributed by atoms with Crippen LogP contribution in [0.3, 0.4) is 0 Å². The van der Waals surface area contributed by atoms with Crippen LogP contribution in [-0.2, 0) is 4.74 Å². The number of amidine groups is 1. The number of aliphatic hydroxyl groups is 1. The van der Waals surface area contributed by atoms with Gasteiger partial charge in [-0.15, -0.1) is 0 Å². The molecule has 0 aliphatic carbocycles. The van der Waals surface area contributed by atoms with Gasteiger partial charge in [-0.3, -0.25) is 10.4 Å². The highest BCUT2D eigenvalue weighted by molar-refractivity contribution is 5.95. The lowest BCUT2D eigenvalue weighted by Gasteiger charge is -2.33. The van der Waals surface area contributed by atoms with Crippen molar-refractivity contribution in [2.45, 2.75) is 19.6 Å². The first kappa shape index (κ1) is 12.2. The van der Waals surface area contributed by atoms with E-state index in [1.54, 1.807) is 31.0 Å². The Bertz CT molecular complexity index is 263. The maximum absolute atomic E-state index is 9.38. The summed E-state index contributed by atoms with van der Waals surface area (Å²) in [6, 6.07) is 0. The van der Waals surface area contributed by atoms with Crippen molar-refractivity contribution in [1.82, 2.24) is 10.0 Å². The molecule has 1 rings (SSSR count). The Morgan fingerprint density at radius 2 is 2.27 bits per heavy atom. The molecule has 5 heteroatoms. The summed E-state index contributed by atoms with van der Waals surface area (Å²) in [4.78, 5) is 0. The van der Waals surface area contributed by atoms with Gasteiger partial charge in [-0.1, -0.05) is 6.08 Å². The molecule has 0 saturated carbocycles. The highest BCUT2D eigenvalue weighted by Gasteiger charge is 2.18. The summed E-state index contributed by atoms with van der Waals surface area (Å²) in [7, 11) is 3.52. The fourth-order valence-corrected chi connectivity index (χ4v) is 1.36. The summed E-state index contributed by atoms with van der Waals surface area (Å²) in [5.41, 5.74) is 0.969. The molecular formula is C10H19N3O2. The maximum atomic E-state index is 9.38. The van der Waals surface area contributed by atoms with Crippen LogP contribution < -0.4 is 0 Å². The summed E-state index contributed by atoms with van der Waals surface area (Å²) in [6.45, 7) is 2.91. The highest BCUT2D eigenvalue weighted by Crippen LogP contribution is 2.12. The fourth-order valence-electron chi connectivity index (χ4n) is 1.36. The Labute approximate surface area is 90.4 Å². The zero-order chi connectivity index (χ0) is 11.4. The molecule has 0 aromatic rings. The molecule has 0 bridgehead atoms. The number of aliphatic hydroxyl groups excluding tert-OH is 1. The number of likely N-dealkylation sites (N-methyl/N-ethyl adjacent to an activating group) is 1. The molecule has 1 aliphatic heterocycles. The van der Waals surface area contributed by atoms with Gasteiger partial charge in [-0.2, -0.15) is 5.01 Å². The van der Waals surface area contributed by atoms with Crippen LogP contribution in [-0.4, -0.2) is 54.5 Å². The zero-order valence-electron chi connectivity index (χ0n) is 9.53. The predicted molar refractivity (Wildman–Crippen MR) is 58.5 cm³/mol. The maximum Gasteiger partial charge on any atom is 0.138 e. The number of nitrogens with one attached hydrogen (secondary N) is 1. The van der Waals surface area contributed by atoms with Crippen molar-refractivity contribution >= 4 is 5.84 Å². The monoisotopic (exact) mass is 213 g/mol. The molecule has 2 N–H and O–H groups in total. The normalized spacial score (nSPS) is 18.6. The summed E-state index contributed by atoms with van der Waals surface area (Å²) in [5.74, 6) is 0.418. The van der Waals surface area contributed by atoms with Gasteiger partial charge in [0.05, 0.1) is 13.2 Å². The zero-order valence-corrected chi connectivity index (χ0v) is 9.53. The minimum absolute atomic E-state index is 0.418. The van der Waals surface area contributed by atoms with E-state index in [9.17, 15) is 5.11 Å². The topological polar surface area (TPSA) is 59.8 Å². The molecule has 15 heavy (non-hydrogen) atoms. The van der Waals surface area contributed by atoms with E-state index in [-0.39, 0.29) is 0 Å². The Hall–Kier alpha value is -0.910. The van der Waals surface area contributed by atoms with E-state index in [0.29, 0.717) is 19.0 Å². The SMILES string of the molecule is CC(O)N(C)N(C)C(=N)C1=CCOCC1. The van der Waals surface area contributed by atoms with Gasteiger partial charge < -0.3 is 9.84 Å². The van der Waals surface area contributed by atoms with Crippen LogP contribution in [0.2, 0.25) is 0 Å². The minimum Gasteiger partial charge on any atom is -0.377 e. The molecule has 0 aromatic heterocycles. The van der Waals surface area contributed by atoms with E-state index >= 15 is 0 Å². The largest absolute Gasteiger partial charge is 0.377 e. The predicted octanol–water partition coefficient (Wildman–Crippen LogP) is 0.427. The van der Waals surface area contributed by atoms with Crippen LogP contribution in [0.1, 0.15) is 13.3 Å². The molecule has 1 aliphatic rings. The van der Waals surface area contributed by atoms with Crippen molar-refractivity contribution in [2.24, 2.45) is 0 Å². The second kappa shape index (κ2) is 5.25. The van der Waals surface area contributed by atoms with E-state index in [4.69, 9.17) is 10.1 Å². The minimum atomic E-state index is -0.601. The van der Waals surface area contributed by atoms with Gasteiger partial charge in [-0.05, 0) is 18.9 Å². The first-order valence-electron chi connectivity index (χ1n) is 5.04. The molecule has 0 radical (unpaired) electrons. The van der Waals surface area contributed by atoms with Crippen molar-refractivity contribution in [2.75, 3.05) is 27.3 Å². The molecule has 1 unspecified atom stereocenters. The first-order chi connectivity index (χ1) is 7.04. The smallest absolute Gasteiger partial charge is 0.138 e. The molecule has 1 heterocycles. The van der Waals surface area contributed by atoms with Gasteiger partial charge >= 0.3 is 0 Å². The van der Waals surface area contributed by atoms with Gasteiger partial charge in [0.25, 0.3) is 0 Å². The van der Waals surface area contributed by atoms with Crippen molar-refractivity contribution in [1.29, 1.82) is 5.41 Å². The number of hydrogen-bond donors (Lipinski definition) is 2. The molecule has 0 saturated heterocycles. The number of rotatable bonds is 3. The van der Waals surface area contributed by atoms with E-state index in [2.05, 4.69) is 0 Å². The van der Waals surface area contributed by atoms with Crippen LogP contribution in [0.15, 0.2) is 11.6 Å². The van der Waals surface area contributed by atoms with E-state index in [1.807, 2.05) is 6.08 Å². The van der Waals surface area contributed by atoms with E-state index in [1.165, 1.54) is 0 Å². The second-order valence-electron chi connectivity index (χ2n) is 3.63. The molecule has 0 fully saturated rings. The van der Waals surface area contributed by atoms with Crippen molar-refractivity contribution in [3.05, 3.63) is 11.6 Å². The number of nitrogens with zero attached hydrogens (tertiary/aromatic N) is 2. The molecule has 0 aromatic carbocycles. The van der Waals surface area contributed by atoms with Crippen molar-refractivity contribution in [3.8, 4) is 0 Å². The quantitative estimate of drug-likeness (QED) is 0.309. The van der Waals surface area contributed by atoms with Crippen LogP contribution in [0, 0.1) is 5.41 Å². The summed E-state index contributed by atoms with van der Waals surface area (Å²) >= 11 is 0. The molecule has 5 nitrogen and oxygen atoms in total. The Morgan fingerprint density at radius 3 is 2.73 bits per heavy atom. The van der Waals surface area contributed by atoms with Gasteiger partial charge in [0.2, 0.25) is 0 Å². The van der Waals surface area contributed by atoms with Crippen molar-refractivity contribution in [3.63, 3.8) is 0 Å². The Kier molecular flexibility index (Phi) is 4.26. The Morgan fingerprint density at radius 1 is 1.60 bits per heavy atom. The van der Waals surface area contributed by atoms with Gasteiger partial charge in [0.15, 0.2) is 0 Å². The molecule has 1 atom stereocenters. The summed E-state index contributed by atoms with van der Waals surface area (Å²) < 4.78 is 5.18. The number of hydrogen-bond acceptors (Lipinski definition) is 4. The molecule has 0 amide bonds. The first-order valence-corrected chi connectivity index (χ1v) is 5.04. The van der Waals surface area contributed by atoms with Crippen molar-refractivity contribution < 1.29 is 9.84 Å². The summed E-state index contributed by atoms with van der Waals surface area (Å²) in [6.07, 6.45) is 2.07.